The molecule has 0 radical (unpaired) electrons. The lowest BCUT2D eigenvalue weighted by atomic mass is 10.2. The van der Waals surface area contributed by atoms with Crippen molar-refractivity contribution in [3.8, 4) is 5.75 Å². The van der Waals surface area contributed by atoms with E-state index in [9.17, 15) is 0 Å². The Morgan fingerprint density at radius 2 is 2.21 bits per heavy atom. The molecule has 0 atom stereocenters. The first-order chi connectivity index (χ1) is 6.59. The molecular formula is C11H14ClNO. The predicted octanol–water partition coefficient (Wildman–Crippen LogP) is 2.52. The van der Waals surface area contributed by atoms with Gasteiger partial charge in [0.2, 0.25) is 0 Å². The van der Waals surface area contributed by atoms with Crippen LogP contribution < -0.4 is 10.5 Å². The van der Waals surface area contributed by atoms with Gasteiger partial charge >= 0.3 is 0 Å². The second kappa shape index (κ2) is 3.44. The Kier molecular flexibility index (Phi) is 2.41. The van der Waals surface area contributed by atoms with Crippen molar-refractivity contribution in [1.29, 1.82) is 0 Å². The second-order valence-corrected chi connectivity index (χ2v) is 4.49. The monoisotopic (exact) mass is 211 g/mol. The molecule has 1 aromatic rings. The summed E-state index contributed by atoms with van der Waals surface area (Å²) in [5.74, 6) is 0.731. The third-order valence-corrected chi connectivity index (χ3v) is 2.79. The van der Waals surface area contributed by atoms with Crippen molar-refractivity contribution in [2.45, 2.75) is 25.3 Å². The van der Waals surface area contributed by atoms with Crippen molar-refractivity contribution in [2.75, 3.05) is 6.61 Å². The zero-order valence-corrected chi connectivity index (χ0v) is 8.97. The minimum Gasteiger partial charge on any atom is -0.490 e. The number of halogens is 1. The maximum Gasteiger partial charge on any atom is 0.138 e. The van der Waals surface area contributed by atoms with Gasteiger partial charge in [-0.2, -0.15) is 0 Å². The third-order valence-electron chi connectivity index (χ3n) is 2.49. The van der Waals surface area contributed by atoms with Crippen molar-refractivity contribution in [3.63, 3.8) is 0 Å². The molecule has 1 aliphatic carbocycles. The first kappa shape index (κ1) is 9.81. The number of ether oxygens (including phenoxy) is 1. The van der Waals surface area contributed by atoms with Crippen molar-refractivity contribution in [1.82, 2.24) is 0 Å². The van der Waals surface area contributed by atoms with Crippen LogP contribution in [0.25, 0.3) is 0 Å². The topological polar surface area (TPSA) is 35.2 Å². The SMILES string of the molecule is Cc1ccc(OCC2(N)CC2)c(Cl)c1. The average Bonchev–Trinajstić information content (AvgIpc) is 2.83. The number of aryl methyl sites for hydroxylation is 1. The zero-order chi connectivity index (χ0) is 10.2. The van der Waals surface area contributed by atoms with E-state index in [-0.39, 0.29) is 5.54 Å². The standard InChI is InChI=1S/C11H14ClNO/c1-8-2-3-10(9(12)6-8)14-7-11(13)4-5-11/h2-3,6H,4-5,7,13H2,1H3. The number of hydrogen-bond acceptors (Lipinski definition) is 2. The Hall–Kier alpha value is -0.730. The lowest BCUT2D eigenvalue weighted by molar-refractivity contribution is 0.279. The van der Waals surface area contributed by atoms with Gasteiger partial charge in [-0.25, -0.2) is 0 Å². The minimum atomic E-state index is -0.0891. The average molecular weight is 212 g/mol. The number of nitrogens with two attached hydrogens (primary N) is 1. The van der Waals surface area contributed by atoms with E-state index in [1.54, 1.807) is 0 Å². The fourth-order valence-corrected chi connectivity index (χ4v) is 1.54. The summed E-state index contributed by atoms with van der Waals surface area (Å²) in [4.78, 5) is 0. The van der Waals surface area contributed by atoms with E-state index in [4.69, 9.17) is 22.1 Å². The van der Waals surface area contributed by atoms with E-state index < -0.39 is 0 Å². The van der Waals surface area contributed by atoms with Gasteiger partial charge in [-0.15, -0.1) is 0 Å². The molecule has 1 fully saturated rings. The van der Waals surface area contributed by atoms with Crippen LogP contribution in [-0.4, -0.2) is 12.1 Å². The molecule has 1 saturated carbocycles. The molecule has 1 aromatic carbocycles. The summed E-state index contributed by atoms with van der Waals surface area (Å²) >= 11 is 6.01. The number of benzene rings is 1. The van der Waals surface area contributed by atoms with Gasteiger partial charge in [0.1, 0.15) is 12.4 Å². The van der Waals surface area contributed by atoms with E-state index in [0.29, 0.717) is 11.6 Å². The van der Waals surface area contributed by atoms with Crippen molar-refractivity contribution >= 4 is 11.6 Å². The summed E-state index contributed by atoms with van der Waals surface area (Å²) in [6.07, 6.45) is 2.10. The van der Waals surface area contributed by atoms with Gasteiger partial charge in [0.25, 0.3) is 0 Å². The fraction of sp³-hybridized carbons (Fsp3) is 0.455. The lowest BCUT2D eigenvalue weighted by Gasteiger charge is -2.12. The summed E-state index contributed by atoms with van der Waals surface area (Å²) in [5.41, 5.74) is 6.95. The van der Waals surface area contributed by atoms with E-state index >= 15 is 0 Å². The molecule has 14 heavy (non-hydrogen) atoms. The van der Waals surface area contributed by atoms with E-state index in [1.807, 2.05) is 25.1 Å². The summed E-state index contributed by atoms with van der Waals surface area (Å²) < 4.78 is 5.56. The van der Waals surface area contributed by atoms with Crippen LogP contribution in [0.4, 0.5) is 0 Å². The summed E-state index contributed by atoms with van der Waals surface area (Å²) in [6, 6.07) is 5.77. The Morgan fingerprint density at radius 1 is 1.50 bits per heavy atom. The van der Waals surface area contributed by atoms with Gasteiger partial charge in [0, 0.05) is 0 Å². The van der Waals surface area contributed by atoms with Gasteiger partial charge in [-0.1, -0.05) is 17.7 Å². The highest BCUT2D eigenvalue weighted by Gasteiger charge is 2.39. The molecule has 0 aliphatic heterocycles. The number of rotatable bonds is 3. The van der Waals surface area contributed by atoms with Gasteiger partial charge in [-0.05, 0) is 37.5 Å². The van der Waals surface area contributed by atoms with Crippen LogP contribution in [0.15, 0.2) is 18.2 Å². The largest absolute Gasteiger partial charge is 0.490 e. The Bertz CT molecular complexity index is 347. The van der Waals surface area contributed by atoms with Crippen LogP contribution in [0, 0.1) is 6.92 Å². The van der Waals surface area contributed by atoms with Gasteiger partial charge in [-0.3, -0.25) is 0 Å². The smallest absolute Gasteiger partial charge is 0.138 e. The molecule has 2 rings (SSSR count). The van der Waals surface area contributed by atoms with Crippen LogP contribution in [-0.2, 0) is 0 Å². The molecule has 1 aliphatic rings. The summed E-state index contributed by atoms with van der Waals surface area (Å²) in [6.45, 7) is 2.57. The van der Waals surface area contributed by atoms with E-state index in [0.717, 1.165) is 24.2 Å². The second-order valence-electron chi connectivity index (χ2n) is 4.08. The molecular weight excluding hydrogens is 198 g/mol. The quantitative estimate of drug-likeness (QED) is 0.834. The molecule has 2 N–H and O–H groups in total. The Balaban J connectivity index is 2.02. The zero-order valence-electron chi connectivity index (χ0n) is 8.22. The normalized spacial score (nSPS) is 17.9. The van der Waals surface area contributed by atoms with Crippen LogP contribution in [0.2, 0.25) is 5.02 Å². The maximum absolute atomic E-state index is 6.01. The predicted molar refractivity (Wildman–Crippen MR) is 57.8 cm³/mol. The van der Waals surface area contributed by atoms with Crippen LogP contribution in [0.5, 0.6) is 5.75 Å². The van der Waals surface area contributed by atoms with Gasteiger partial charge in [0.05, 0.1) is 10.6 Å². The fourth-order valence-electron chi connectivity index (χ4n) is 1.25. The highest BCUT2D eigenvalue weighted by Crippen LogP contribution is 2.34. The highest BCUT2D eigenvalue weighted by atomic mass is 35.5. The van der Waals surface area contributed by atoms with Crippen LogP contribution in [0.3, 0.4) is 0 Å². The maximum atomic E-state index is 6.01. The van der Waals surface area contributed by atoms with E-state index in [2.05, 4.69) is 0 Å². The molecule has 3 heteroatoms. The van der Waals surface area contributed by atoms with Gasteiger partial charge in [0.15, 0.2) is 0 Å². The molecule has 0 aromatic heterocycles. The van der Waals surface area contributed by atoms with Crippen molar-refractivity contribution in [2.24, 2.45) is 5.73 Å². The first-order valence-electron chi connectivity index (χ1n) is 4.77. The number of hydrogen-bond donors (Lipinski definition) is 1. The van der Waals surface area contributed by atoms with Crippen molar-refractivity contribution < 1.29 is 4.74 Å². The minimum absolute atomic E-state index is 0.0891. The summed E-state index contributed by atoms with van der Waals surface area (Å²) in [7, 11) is 0. The molecule has 0 unspecified atom stereocenters. The molecule has 0 amide bonds. The Labute approximate surface area is 89.0 Å². The van der Waals surface area contributed by atoms with E-state index in [1.165, 1.54) is 0 Å². The third kappa shape index (κ3) is 2.20. The Morgan fingerprint density at radius 3 is 2.79 bits per heavy atom. The molecule has 2 nitrogen and oxygen atoms in total. The molecule has 76 valence electrons. The van der Waals surface area contributed by atoms with Crippen LogP contribution in [0.1, 0.15) is 18.4 Å². The molecule has 0 heterocycles. The molecule has 0 spiro atoms. The van der Waals surface area contributed by atoms with Crippen LogP contribution >= 0.6 is 11.6 Å². The first-order valence-corrected chi connectivity index (χ1v) is 5.15. The van der Waals surface area contributed by atoms with Gasteiger partial charge < -0.3 is 10.5 Å². The lowest BCUT2D eigenvalue weighted by Crippen LogP contribution is -2.29. The summed E-state index contributed by atoms with van der Waals surface area (Å²) in [5, 5.41) is 0.661. The highest BCUT2D eigenvalue weighted by molar-refractivity contribution is 6.32. The molecule has 0 bridgehead atoms. The molecule has 0 saturated heterocycles. The van der Waals surface area contributed by atoms with Crippen molar-refractivity contribution in [3.05, 3.63) is 28.8 Å².